The average molecular weight is 347 g/mol. The van der Waals surface area contributed by atoms with Gasteiger partial charge in [0.1, 0.15) is 19.3 Å². The zero-order valence-corrected chi connectivity index (χ0v) is 13.9. The van der Waals surface area contributed by atoms with Crippen molar-refractivity contribution < 1.29 is 28.5 Å². The van der Waals surface area contributed by atoms with Gasteiger partial charge in [0.15, 0.2) is 11.5 Å². The number of amides is 1. The summed E-state index contributed by atoms with van der Waals surface area (Å²) in [6.45, 7) is 2.20. The zero-order valence-electron chi connectivity index (χ0n) is 13.9. The van der Waals surface area contributed by atoms with Crippen molar-refractivity contribution in [3.63, 3.8) is 0 Å². The van der Waals surface area contributed by atoms with Gasteiger partial charge in [0.05, 0.1) is 18.4 Å². The molecule has 134 valence electrons. The second kappa shape index (κ2) is 6.92. The summed E-state index contributed by atoms with van der Waals surface area (Å²) >= 11 is 0. The van der Waals surface area contributed by atoms with E-state index in [-0.39, 0.29) is 24.4 Å². The molecule has 3 aliphatic heterocycles. The van der Waals surface area contributed by atoms with E-state index < -0.39 is 12.0 Å². The summed E-state index contributed by atoms with van der Waals surface area (Å²) in [7, 11) is 0. The molecule has 0 unspecified atom stereocenters. The Kier molecular flexibility index (Phi) is 4.48. The monoisotopic (exact) mass is 347 g/mol. The normalized spacial score (nSPS) is 27.8. The van der Waals surface area contributed by atoms with Gasteiger partial charge >= 0.3 is 5.97 Å². The Hall–Kier alpha value is -2.28. The van der Waals surface area contributed by atoms with Crippen molar-refractivity contribution >= 4 is 11.9 Å². The van der Waals surface area contributed by atoms with Crippen LogP contribution in [0.3, 0.4) is 0 Å². The smallest absolute Gasteiger partial charge is 0.307 e. The molecule has 4 rings (SSSR count). The third-order valence-electron chi connectivity index (χ3n) is 4.77. The van der Waals surface area contributed by atoms with Crippen LogP contribution in [0.4, 0.5) is 0 Å². The third kappa shape index (κ3) is 3.42. The molecule has 0 aromatic heterocycles. The molecule has 25 heavy (non-hydrogen) atoms. The highest BCUT2D eigenvalue weighted by Crippen LogP contribution is 2.40. The van der Waals surface area contributed by atoms with E-state index in [9.17, 15) is 9.59 Å². The molecule has 1 N–H and O–H groups in total. The number of carbonyl (C=O) groups is 2. The largest absolute Gasteiger partial charge is 0.486 e. The lowest BCUT2D eigenvalue weighted by molar-refractivity contribution is -0.141. The van der Waals surface area contributed by atoms with Crippen LogP contribution in [-0.4, -0.2) is 44.3 Å². The number of nitrogens with one attached hydrogen (secondary N) is 1. The maximum atomic E-state index is 12.6. The minimum absolute atomic E-state index is 0.0646. The number of hydrogen-bond acceptors (Lipinski definition) is 6. The van der Waals surface area contributed by atoms with Crippen molar-refractivity contribution in [3.8, 4) is 11.5 Å². The van der Waals surface area contributed by atoms with E-state index in [0.29, 0.717) is 31.3 Å². The van der Waals surface area contributed by atoms with Crippen LogP contribution >= 0.6 is 0 Å². The fourth-order valence-corrected chi connectivity index (χ4v) is 3.48. The lowest BCUT2D eigenvalue weighted by Crippen LogP contribution is -2.37. The first kappa shape index (κ1) is 16.2. The molecule has 2 saturated heterocycles. The molecule has 1 aromatic rings. The first-order valence-corrected chi connectivity index (χ1v) is 8.69. The van der Waals surface area contributed by atoms with E-state index in [4.69, 9.17) is 18.9 Å². The lowest BCUT2D eigenvalue weighted by Gasteiger charge is -2.22. The van der Waals surface area contributed by atoms with Crippen LogP contribution in [0.5, 0.6) is 11.5 Å². The summed E-state index contributed by atoms with van der Waals surface area (Å²) in [5.74, 6) is 0.193. The molecule has 0 radical (unpaired) electrons. The number of fused-ring (bicyclic) bond motifs is 1. The molecule has 0 spiro atoms. The summed E-state index contributed by atoms with van der Waals surface area (Å²) < 4.78 is 22.0. The van der Waals surface area contributed by atoms with E-state index in [1.165, 1.54) is 0 Å². The Morgan fingerprint density at radius 2 is 2.00 bits per heavy atom. The molecule has 3 atom stereocenters. The molecule has 7 nitrogen and oxygen atoms in total. The number of cyclic esters (lactones) is 1. The van der Waals surface area contributed by atoms with Crippen LogP contribution in [-0.2, 0) is 19.1 Å². The van der Waals surface area contributed by atoms with Crippen LogP contribution < -0.4 is 14.8 Å². The Balaban J connectivity index is 1.47. The van der Waals surface area contributed by atoms with Crippen molar-refractivity contribution in [1.82, 2.24) is 5.32 Å². The lowest BCUT2D eigenvalue weighted by atomic mass is 9.94. The summed E-state index contributed by atoms with van der Waals surface area (Å²) in [6, 6.07) is 5.40. The minimum Gasteiger partial charge on any atom is -0.486 e. The second-order valence-corrected chi connectivity index (χ2v) is 6.50. The molecule has 0 aliphatic carbocycles. The molecule has 3 heterocycles. The van der Waals surface area contributed by atoms with Gasteiger partial charge in [-0.25, -0.2) is 0 Å². The standard InChI is InChI=1S/C18H21NO6/c20-16-9-13(18(21)19-10-12-2-1-5-22-12)17(25-16)11-3-4-14-15(8-11)24-7-6-23-14/h3-4,8,12-13,17H,1-2,5-7,9-10H2,(H,19,21)/t12-,13+,17-/m1/s1. The Labute approximate surface area is 145 Å². The Morgan fingerprint density at radius 1 is 1.16 bits per heavy atom. The quantitative estimate of drug-likeness (QED) is 0.828. The molecule has 0 bridgehead atoms. The van der Waals surface area contributed by atoms with Gasteiger partial charge in [0.25, 0.3) is 0 Å². The van der Waals surface area contributed by atoms with Crippen molar-refractivity contribution in [2.75, 3.05) is 26.4 Å². The molecule has 7 heteroatoms. The first-order valence-electron chi connectivity index (χ1n) is 8.69. The Morgan fingerprint density at radius 3 is 2.80 bits per heavy atom. The predicted octanol–water partition coefficient (Wildman–Crippen LogP) is 1.36. The first-order chi connectivity index (χ1) is 12.2. The van der Waals surface area contributed by atoms with Gasteiger partial charge in [-0.15, -0.1) is 0 Å². The van der Waals surface area contributed by atoms with E-state index in [0.717, 1.165) is 25.0 Å². The van der Waals surface area contributed by atoms with Crippen molar-refractivity contribution in [1.29, 1.82) is 0 Å². The molecular weight excluding hydrogens is 326 g/mol. The van der Waals surface area contributed by atoms with Gasteiger partial charge in [-0.2, -0.15) is 0 Å². The number of esters is 1. The highest BCUT2D eigenvalue weighted by atomic mass is 16.6. The van der Waals surface area contributed by atoms with Crippen LogP contribution in [0.1, 0.15) is 30.9 Å². The highest BCUT2D eigenvalue weighted by molar-refractivity contribution is 5.87. The zero-order chi connectivity index (χ0) is 17.2. The minimum atomic E-state index is -0.604. The maximum Gasteiger partial charge on any atom is 0.307 e. The molecule has 1 amide bonds. The molecule has 2 fully saturated rings. The van der Waals surface area contributed by atoms with Crippen molar-refractivity contribution in [3.05, 3.63) is 23.8 Å². The number of ether oxygens (including phenoxy) is 4. The van der Waals surface area contributed by atoms with Crippen LogP contribution in [0, 0.1) is 5.92 Å². The van der Waals surface area contributed by atoms with Gasteiger partial charge in [-0.05, 0) is 30.5 Å². The van der Waals surface area contributed by atoms with Gasteiger partial charge < -0.3 is 24.3 Å². The summed E-state index contributed by atoms with van der Waals surface area (Å²) in [4.78, 5) is 24.4. The number of carbonyl (C=O) groups excluding carboxylic acids is 2. The SMILES string of the molecule is O=C1C[C@H](C(=O)NC[C@H]2CCCO2)[C@@H](c2ccc3c(c2)OCCO3)O1. The maximum absolute atomic E-state index is 12.6. The third-order valence-corrected chi connectivity index (χ3v) is 4.77. The predicted molar refractivity (Wildman–Crippen MR) is 86.4 cm³/mol. The second-order valence-electron chi connectivity index (χ2n) is 6.50. The van der Waals surface area contributed by atoms with Crippen molar-refractivity contribution in [2.24, 2.45) is 5.92 Å². The number of benzene rings is 1. The summed E-state index contributed by atoms with van der Waals surface area (Å²) in [5.41, 5.74) is 0.743. The summed E-state index contributed by atoms with van der Waals surface area (Å²) in [6.07, 6.45) is 1.51. The van der Waals surface area contributed by atoms with Crippen LogP contribution in [0.2, 0.25) is 0 Å². The Bertz CT molecular complexity index is 670. The van der Waals surface area contributed by atoms with Gasteiger partial charge in [-0.3, -0.25) is 9.59 Å². The molecular formula is C18H21NO6. The average Bonchev–Trinajstić information content (AvgIpc) is 3.29. The van der Waals surface area contributed by atoms with E-state index in [1.54, 1.807) is 12.1 Å². The molecule has 0 saturated carbocycles. The van der Waals surface area contributed by atoms with E-state index in [2.05, 4.69) is 5.32 Å². The fraction of sp³-hybridized carbons (Fsp3) is 0.556. The van der Waals surface area contributed by atoms with Gasteiger partial charge in [0, 0.05) is 13.2 Å². The van der Waals surface area contributed by atoms with E-state index in [1.807, 2.05) is 6.07 Å². The topological polar surface area (TPSA) is 83.1 Å². The number of hydrogen-bond donors (Lipinski definition) is 1. The van der Waals surface area contributed by atoms with Crippen LogP contribution in [0.15, 0.2) is 18.2 Å². The van der Waals surface area contributed by atoms with Gasteiger partial charge in [0.2, 0.25) is 5.91 Å². The van der Waals surface area contributed by atoms with E-state index >= 15 is 0 Å². The number of rotatable bonds is 4. The van der Waals surface area contributed by atoms with Crippen molar-refractivity contribution in [2.45, 2.75) is 31.5 Å². The van der Waals surface area contributed by atoms with Crippen LogP contribution in [0.25, 0.3) is 0 Å². The highest BCUT2D eigenvalue weighted by Gasteiger charge is 2.41. The fourth-order valence-electron chi connectivity index (χ4n) is 3.48. The summed E-state index contributed by atoms with van der Waals surface area (Å²) in [5, 5.41) is 2.90. The molecule has 1 aromatic carbocycles. The van der Waals surface area contributed by atoms with Gasteiger partial charge in [-0.1, -0.05) is 6.07 Å². The molecule has 3 aliphatic rings.